The van der Waals surface area contributed by atoms with Gasteiger partial charge in [-0.25, -0.2) is 4.39 Å². The molecule has 158 valence electrons. The monoisotopic (exact) mass is 419 g/mol. The maximum Gasteiger partial charge on any atom is 0.257 e. The number of amides is 1. The molecule has 1 aliphatic heterocycles. The number of hydrogen-bond donors (Lipinski definition) is 0. The van der Waals surface area contributed by atoms with Crippen molar-refractivity contribution < 1.29 is 13.9 Å². The van der Waals surface area contributed by atoms with Gasteiger partial charge in [0.15, 0.2) is 5.65 Å². The van der Waals surface area contributed by atoms with E-state index in [0.29, 0.717) is 18.8 Å². The normalized spacial score (nSPS) is 16.3. The zero-order chi connectivity index (χ0) is 21.4. The molecule has 2 aromatic carbocycles. The number of fused-ring (bicyclic) bond motifs is 3. The van der Waals surface area contributed by atoms with E-state index in [1.807, 2.05) is 25.1 Å². The van der Waals surface area contributed by atoms with Gasteiger partial charge in [0.1, 0.15) is 5.82 Å². The summed E-state index contributed by atoms with van der Waals surface area (Å²) in [5.41, 5.74) is 3.43. The second-order valence-electron chi connectivity index (χ2n) is 7.95. The van der Waals surface area contributed by atoms with Gasteiger partial charge in [0.2, 0.25) is 0 Å². The van der Waals surface area contributed by atoms with Gasteiger partial charge in [0.25, 0.3) is 5.91 Å². The molecule has 1 saturated heterocycles. The first-order valence-electron chi connectivity index (χ1n) is 10.4. The predicted molar refractivity (Wildman–Crippen MR) is 113 cm³/mol. The summed E-state index contributed by atoms with van der Waals surface area (Å²) in [4.78, 5) is 15.0. The molecular formula is C23H22FN5O2. The van der Waals surface area contributed by atoms with E-state index in [1.54, 1.807) is 21.5 Å². The van der Waals surface area contributed by atoms with E-state index < -0.39 is 5.82 Å². The summed E-state index contributed by atoms with van der Waals surface area (Å²) in [6, 6.07) is 14.1. The van der Waals surface area contributed by atoms with Crippen LogP contribution >= 0.6 is 0 Å². The molecule has 1 aliphatic rings. The van der Waals surface area contributed by atoms with Gasteiger partial charge < -0.3 is 9.64 Å². The van der Waals surface area contributed by atoms with Crippen LogP contribution in [0.15, 0.2) is 48.5 Å². The van der Waals surface area contributed by atoms with Crippen LogP contribution in [0.5, 0.6) is 0 Å². The lowest BCUT2D eigenvalue weighted by atomic mass is 10.1. The minimum Gasteiger partial charge on any atom is -0.376 e. The third-order valence-electron chi connectivity index (χ3n) is 5.70. The largest absolute Gasteiger partial charge is 0.376 e. The average molecular weight is 419 g/mol. The Balaban J connectivity index is 1.56. The SMILES string of the molecule is Cc1ccc2c(c1)cc(CN(CC1CCCO1)C(=O)c1ccccc1F)c1nnnn12. The number of halogens is 1. The summed E-state index contributed by atoms with van der Waals surface area (Å²) in [5.74, 6) is -0.906. The van der Waals surface area contributed by atoms with E-state index in [4.69, 9.17) is 4.74 Å². The first-order chi connectivity index (χ1) is 15.1. The lowest BCUT2D eigenvalue weighted by Gasteiger charge is -2.26. The van der Waals surface area contributed by atoms with Gasteiger partial charge in [-0.05, 0) is 60.5 Å². The van der Waals surface area contributed by atoms with E-state index in [-0.39, 0.29) is 24.1 Å². The molecule has 1 fully saturated rings. The minimum atomic E-state index is -0.534. The number of ether oxygens (including phenoxy) is 1. The van der Waals surface area contributed by atoms with E-state index in [9.17, 15) is 9.18 Å². The molecule has 0 radical (unpaired) electrons. The van der Waals surface area contributed by atoms with Crippen molar-refractivity contribution in [1.82, 2.24) is 24.9 Å². The molecule has 3 heterocycles. The van der Waals surface area contributed by atoms with Crippen LogP contribution < -0.4 is 0 Å². The third-order valence-corrected chi connectivity index (χ3v) is 5.70. The van der Waals surface area contributed by atoms with Gasteiger partial charge >= 0.3 is 0 Å². The highest BCUT2D eigenvalue weighted by Gasteiger charge is 2.26. The lowest BCUT2D eigenvalue weighted by molar-refractivity contribution is 0.0504. The highest BCUT2D eigenvalue weighted by molar-refractivity contribution is 5.94. The third kappa shape index (κ3) is 3.74. The van der Waals surface area contributed by atoms with Crippen molar-refractivity contribution in [2.45, 2.75) is 32.4 Å². The van der Waals surface area contributed by atoms with E-state index in [2.05, 4.69) is 21.6 Å². The number of benzene rings is 2. The summed E-state index contributed by atoms with van der Waals surface area (Å²) in [5, 5.41) is 13.1. The molecule has 4 aromatic rings. The molecule has 5 rings (SSSR count). The van der Waals surface area contributed by atoms with E-state index in [0.717, 1.165) is 34.9 Å². The Morgan fingerprint density at radius 3 is 2.94 bits per heavy atom. The first-order valence-corrected chi connectivity index (χ1v) is 10.4. The Morgan fingerprint density at radius 2 is 2.13 bits per heavy atom. The number of hydrogen-bond acceptors (Lipinski definition) is 5. The molecule has 0 aliphatic carbocycles. The maximum absolute atomic E-state index is 14.4. The number of aromatic nitrogens is 4. The molecule has 7 nitrogen and oxygen atoms in total. The standard InChI is InChI=1S/C23H22FN5O2/c1-15-8-9-21-16(11-15)12-17(22-25-26-27-29(21)22)13-28(14-18-5-4-10-31-18)23(30)19-6-2-3-7-20(19)24/h2-3,6-9,11-12,18H,4-5,10,13-14H2,1H3. The molecule has 31 heavy (non-hydrogen) atoms. The van der Waals surface area contributed by atoms with Crippen molar-refractivity contribution in [2.24, 2.45) is 0 Å². The van der Waals surface area contributed by atoms with Gasteiger partial charge in [-0.1, -0.05) is 23.8 Å². The fourth-order valence-corrected chi connectivity index (χ4v) is 4.16. The molecule has 8 heteroatoms. The molecule has 0 spiro atoms. The van der Waals surface area contributed by atoms with Gasteiger partial charge in [-0.3, -0.25) is 4.79 Å². The van der Waals surface area contributed by atoms with Crippen molar-refractivity contribution in [2.75, 3.05) is 13.2 Å². The Hall–Kier alpha value is -3.39. The highest BCUT2D eigenvalue weighted by Crippen LogP contribution is 2.24. The summed E-state index contributed by atoms with van der Waals surface area (Å²) in [6.45, 7) is 3.34. The second-order valence-corrected chi connectivity index (χ2v) is 7.95. The van der Waals surface area contributed by atoms with Crippen LogP contribution in [0.1, 0.15) is 34.3 Å². The topological polar surface area (TPSA) is 72.6 Å². The zero-order valence-corrected chi connectivity index (χ0v) is 17.2. The number of rotatable bonds is 5. The van der Waals surface area contributed by atoms with Crippen LogP contribution in [-0.4, -0.2) is 50.1 Å². The smallest absolute Gasteiger partial charge is 0.257 e. The van der Waals surface area contributed by atoms with Crippen LogP contribution in [0.2, 0.25) is 0 Å². The number of aryl methyl sites for hydroxylation is 1. The van der Waals surface area contributed by atoms with E-state index in [1.165, 1.54) is 12.1 Å². The number of pyridine rings is 1. The fraction of sp³-hybridized carbons (Fsp3) is 0.304. The van der Waals surface area contributed by atoms with Crippen LogP contribution in [-0.2, 0) is 11.3 Å². The molecule has 0 saturated carbocycles. The summed E-state index contributed by atoms with van der Waals surface area (Å²) >= 11 is 0. The second kappa shape index (κ2) is 8.03. The van der Waals surface area contributed by atoms with Crippen molar-refractivity contribution in [1.29, 1.82) is 0 Å². The summed E-state index contributed by atoms with van der Waals surface area (Å²) < 4.78 is 21.8. The number of carbonyl (C=O) groups is 1. The minimum absolute atomic E-state index is 0.0488. The molecule has 1 atom stereocenters. The van der Waals surface area contributed by atoms with Gasteiger partial charge in [0, 0.05) is 30.6 Å². The highest BCUT2D eigenvalue weighted by atomic mass is 19.1. The van der Waals surface area contributed by atoms with Crippen LogP contribution in [0, 0.1) is 12.7 Å². The number of carbonyl (C=O) groups excluding carboxylic acids is 1. The molecule has 0 N–H and O–H groups in total. The van der Waals surface area contributed by atoms with Crippen LogP contribution in [0.4, 0.5) is 4.39 Å². The molecule has 0 bridgehead atoms. The Bertz CT molecular complexity index is 1270. The lowest BCUT2D eigenvalue weighted by Crippen LogP contribution is -2.37. The Kier molecular flexibility index (Phi) is 5.07. The Labute approximate surface area is 178 Å². The Morgan fingerprint density at radius 1 is 1.26 bits per heavy atom. The van der Waals surface area contributed by atoms with Gasteiger partial charge in [-0.15, -0.1) is 5.10 Å². The number of tetrazole rings is 1. The van der Waals surface area contributed by atoms with E-state index >= 15 is 0 Å². The average Bonchev–Trinajstić information content (AvgIpc) is 3.45. The van der Waals surface area contributed by atoms with Crippen molar-refractivity contribution in [3.8, 4) is 0 Å². The van der Waals surface area contributed by atoms with Crippen molar-refractivity contribution >= 4 is 22.5 Å². The number of nitrogens with zero attached hydrogens (tertiary/aromatic N) is 5. The molecule has 1 unspecified atom stereocenters. The first kappa shape index (κ1) is 19.6. The summed E-state index contributed by atoms with van der Waals surface area (Å²) in [7, 11) is 0. The molecule has 1 amide bonds. The predicted octanol–water partition coefficient (Wildman–Crippen LogP) is 3.55. The van der Waals surface area contributed by atoms with Crippen molar-refractivity contribution in [3.63, 3.8) is 0 Å². The molecular weight excluding hydrogens is 397 g/mol. The van der Waals surface area contributed by atoms with Crippen molar-refractivity contribution in [3.05, 3.63) is 71.0 Å². The van der Waals surface area contributed by atoms with Crippen LogP contribution in [0.25, 0.3) is 16.6 Å². The molecule has 2 aromatic heterocycles. The fourth-order valence-electron chi connectivity index (χ4n) is 4.16. The zero-order valence-electron chi connectivity index (χ0n) is 17.2. The maximum atomic E-state index is 14.4. The summed E-state index contributed by atoms with van der Waals surface area (Å²) in [6.07, 6.45) is 1.77. The van der Waals surface area contributed by atoms with Crippen LogP contribution in [0.3, 0.4) is 0 Å². The van der Waals surface area contributed by atoms with Gasteiger partial charge in [0.05, 0.1) is 17.2 Å². The van der Waals surface area contributed by atoms with Gasteiger partial charge in [-0.2, -0.15) is 4.52 Å². The quantitative estimate of drug-likeness (QED) is 0.495.